The summed E-state index contributed by atoms with van der Waals surface area (Å²) in [4.78, 5) is 12.3. The lowest BCUT2D eigenvalue weighted by Gasteiger charge is -2.08. The summed E-state index contributed by atoms with van der Waals surface area (Å²) in [5.74, 6) is 1.53. The van der Waals surface area contributed by atoms with Crippen molar-refractivity contribution in [2.75, 3.05) is 13.9 Å². The normalized spacial score (nSPS) is 12.5. The van der Waals surface area contributed by atoms with Crippen LogP contribution in [-0.4, -0.2) is 26.0 Å². The Hall–Kier alpha value is -3.54. The molecule has 1 N–H and O–H groups in total. The molecule has 1 amide bonds. The number of hydrogen-bond acceptors (Lipinski definition) is 5. The molecule has 130 valence electrons. The average Bonchev–Trinajstić information content (AvgIpc) is 3.15. The van der Waals surface area contributed by atoms with Gasteiger partial charge in [-0.2, -0.15) is 5.10 Å². The van der Waals surface area contributed by atoms with Crippen molar-refractivity contribution in [1.82, 2.24) is 5.43 Å². The quantitative estimate of drug-likeness (QED) is 0.580. The zero-order chi connectivity index (χ0) is 17.9. The van der Waals surface area contributed by atoms with E-state index in [1.165, 1.54) is 0 Å². The van der Waals surface area contributed by atoms with Gasteiger partial charge in [-0.15, -0.1) is 0 Å². The minimum atomic E-state index is -0.334. The highest BCUT2D eigenvalue weighted by molar-refractivity contribution is 6.03. The SMILES string of the molecule is COc1ccc2ccccc2c1C=NNC(=O)c1ccc2c(c1)OCO2. The highest BCUT2D eigenvalue weighted by Crippen LogP contribution is 2.32. The van der Waals surface area contributed by atoms with Gasteiger partial charge < -0.3 is 14.2 Å². The fourth-order valence-corrected chi connectivity index (χ4v) is 2.84. The van der Waals surface area contributed by atoms with Gasteiger partial charge >= 0.3 is 0 Å². The number of fused-ring (bicyclic) bond motifs is 2. The zero-order valence-corrected chi connectivity index (χ0v) is 14.1. The summed E-state index contributed by atoms with van der Waals surface area (Å²) in [5.41, 5.74) is 3.78. The number of methoxy groups -OCH3 is 1. The monoisotopic (exact) mass is 348 g/mol. The van der Waals surface area contributed by atoms with E-state index in [1.54, 1.807) is 31.5 Å². The van der Waals surface area contributed by atoms with Crippen molar-refractivity contribution < 1.29 is 19.0 Å². The molecule has 0 aromatic heterocycles. The van der Waals surface area contributed by atoms with Gasteiger partial charge in [0.15, 0.2) is 11.5 Å². The van der Waals surface area contributed by atoms with Crippen molar-refractivity contribution in [3.8, 4) is 17.2 Å². The molecule has 3 aromatic carbocycles. The lowest BCUT2D eigenvalue weighted by atomic mass is 10.0. The van der Waals surface area contributed by atoms with Gasteiger partial charge in [-0.25, -0.2) is 5.43 Å². The molecule has 0 aliphatic carbocycles. The maximum absolute atomic E-state index is 12.3. The van der Waals surface area contributed by atoms with Gasteiger partial charge in [-0.1, -0.05) is 30.3 Å². The molecule has 0 radical (unpaired) electrons. The molecule has 6 heteroatoms. The topological polar surface area (TPSA) is 69.2 Å². The van der Waals surface area contributed by atoms with Gasteiger partial charge in [-0.3, -0.25) is 4.79 Å². The summed E-state index contributed by atoms with van der Waals surface area (Å²) in [6.07, 6.45) is 1.59. The van der Waals surface area contributed by atoms with Gasteiger partial charge in [0, 0.05) is 11.1 Å². The first-order valence-electron chi connectivity index (χ1n) is 8.05. The molecule has 0 saturated heterocycles. The first kappa shape index (κ1) is 16.0. The highest BCUT2D eigenvalue weighted by atomic mass is 16.7. The van der Waals surface area contributed by atoms with Crippen LogP contribution in [0.1, 0.15) is 15.9 Å². The predicted molar refractivity (Wildman–Crippen MR) is 98.1 cm³/mol. The largest absolute Gasteiger partial charge is 0.496 e. The summed E-state index contributed by atoms with van der Waals surface area (Å²) < 4.78 is 15.9. The van der Waals surface area contributed by atoms with Crippen molar-refractivity contribution >= 4 is 22.9 Å². The van der Waals surface area contributed by atoms with Crippen molar-refractivity contribution in [3.05, 3.63) is 65.7 Å². The Labute approximate surface area is 150 Å². The first-order chi connectivity index (χ1) is 12.8. The Bertz CT molecular complexity index is 1010. The van der Waals surface area contributed by atoms with Crippen LogP contribution in [0.25, 0.3) is 10.8 Å². The van der Waals surface area contributed by atoms with Crippen molar-refractivity contribution in [2.45, 2.75) is 0 Å². The second-order valence-corrected chi connectivity index (χ2v) is 5.67. The number of hydrogen-bond donors (Lipinski definition) is 1. The first-order valence-corrected chi connectivity index (χ1v) is 8.05. The molecular weight excluding hydrogens is 332 g/mol. The Morgan fingerprint density at radius 3 is 2.85 bits per heavy atom. The fourth-order valence-electron chi connectivity index (χ4n) is 2.84. The molecule has 1 heterocycles. The summed E-state index contributed by atoms with van der Waals surface area (Å²) >= 11 is 0. The van der Waals surface area contributed by atoms with E-state index in [1.807, 2.05) is 36.4 Å². The molecule has 0 atom stereocenters. The third-order valence-electron chi connectivity index (χ3n) is 4.15. The molecule has 0 saturated carbocycles. The third kappa shape index (κ3) is 2.93. The van der Waals surface area contributed by atoms with E-state index in [-0.39, 0.29) is 12.7 Å². The number of carbonyl (C=O) groups excluding carboxylic acids is 1. The van der Waals surface area contributed by atoms with E-state index in [2.05, 4.69) is 10.5 Å². The number of amides is 1. The number of hydrazone groups is 1. The summed E-state index contributed by atoms with van der Waals surface area (Å²) in [5, 5.41) is 6.15. The number of carbonyl (C=O) groups is 1. The van der Waals surface area contributed by atoms with Gasteiger partial charge in [-0.05, 0) is 35.0 Å². The molecule has 26 heavy (non-hydrogen) atoms. The van der Waals surface area contributed by atoms with Gasteiger partial charge in [0.1, 0.15) is 5.75 Å². The Morgan fingerprint density at radius 1 is 1.12 bits per heavy atom. The highest BCUT2D eigenvalue weighted by Gasteiger charge is 2.16. The summed E-state index contributed by atoms with van der Waals surface area (Å²) in [6, 6.07) is 16.8. The van der Waals surface area contributed by atoms with E-state index in [0.717, 1.165) is 16.3 Å². The smallest absolute Gasteiger partial charge is 0.271 e. The third-order valence-corrected chi connectivity index (χ3v) is 4.15. The van der Waals surface area contributed by atoms with Crippen LogP contribution in [-0.2, 0) is 0 Å². The molecule has 0 spiro atoms. The molecule has 6 nitrogen and oxygen atoms in total. The Kier molecular flexibility index (Phi) is 4.15. The Balaban J connectivity index is 1.57. The number of nitrogens with one attached hydrogen (secondary N) is 1. The second-order valence-electron chi connectivity index (χ2n) is 5.67. The van der Waals surface area contributed by atoms with Gasteiger partial charge in [0.2, 0.25) is 6.79 Å². The van der Waals surface area contributed by atoms with Crippen LogP contribution in [0.15, 0.2) is 59.7 Å². The van der Waals surface area contributed by atoms with Crippen LogP contribution in [0.4, 0.5) is 0 Å². The number of nitrogens with zero attached hydrogens (tertiary/aromatic N) is 1. The summed E-state index contributed by atoms with van der Waals surface area (Å²) in [7, 11) is 1.60. The Morgan fingerprint density at radius 2 is 1.96 bits per heavy atom. The maximum Gasteiger partial charge on any atom is 0.271 e. The zero-order valence-electron chi connectivity index (χ0n) is 14.1. The van der Waals surface area contributed by atoms with Crippen molar-refractivity contribution in [2.24, 2.45) is 5.10 Å². The van der Waals surface area contributed by atoms with Crippen LogP contribution < -0.4 is 19.6 Å². The van der Waals surface area contributed by atoms with Crippen LogP contribution in [0.2, 0.25) is 0 Å². The van der Waals surface area contributed by atoms with Crippen LogP contribution in [0.5, 0.6) is 17.2 Å². The van der Waals surface area contributed by atoms with E-state index in [0.29, 0.717) is 22.8 Å². The van der Waals surface area contributed by atoms with Gasteiger partial charge in [0.25, 0.3) is 5.91 Å². The molecule has 3 aromatic rings. The predicted octanol–water partition coefficient (Wildman–Crippen LogP) is 3.34. The minimum Gasteiger partial charge on any atom is -0.496 e. The van der Waals surface area contributed by atoms with Crippen molar-refractivity contribution in [1.29, 1.82) is 0 Å². The van der Waals surface area contributed by atoms with E-state index in [9.17, 15) is 4.79 Å². The minimum absolute atomic E-state index is 0.166. The number of ether oxygens (including phenoxy) is 3. The molecular formula is C20H16N2O4. The summed E-state index contributed by atoms with van der Waals surface area (Å²) in [6.45, 7) is 0.166. The fraction of sp³-hybridized carbons (Fsp3) is 0.100. The number of benzene rings is 3. The molecule has 1 aliphatic rings. The molecule has 1 aliphatic heterocycles. The second kappa shape index (κ2) is 6.76. The van der Waals surface area contributed by atoms with E-state index < -0.39 is 0 Å². The van der Waals surface area contributed by atoms with E-state index in [4.69, 9.17) is 14.2 Å². The van der Waals surface area contributed by atoms with Crippen LogP contribution in [0.3, 0.4) is 0 Å². The number of rotatable bonds is 4. The average molecular weight is 348 g/mol. The lowest BCUT2D eigenvalue weighted by Crippen LogP contribution is -2.17. The van der Waals surface area contributed by atoms with Crippen LogP contribution in [0, 0.1) is 0 Å². The molecule has 0 unspecified atom stereocenters. The van der Waals surface area contributed by atoms with Crippen molar-refractivity contribution in [3.63, 3.8) is 0 Å². The molecule has 0 fully saturated rings. The van der Waals surface area contributed by atoms with E-state index >= 15 is 0 Å². The molecule has 4 rings (SSSR count). The standard InChI is InChI=1S/C20H16N2O4/c1-24-17-8-6-13-4-2-3-5-15(13)16(17)11-21-22-20(23)14-7-9-18-19(10-14)26-12-25-18/h2-11H,12H2,1H3,(H,22,23). The van der Waals surface area contributed by atoms with Crippen LogP contribution >= 0.6 is 0 Å². The maximum atomic E-state index is 12.3. The lowest BCUT2D eigenvalue weighted by molar-refractivity contribution is 0.0954. The van der Waals surface area contributed by atoms with Gasteiger partial charge in [0.05, 0.1) is 13.3 Å². The molecule has 0 bridgehead atoms.